The van der Waals surface area contributed by atoms with Crippen molar-refractivity contribution in [2.24, 2.45) is 5.92 Å². The minimum atomic E-state index is -0.0883. The van der Waals surface area contributed by atoms with Crippen molar-refractivity contribution < 1.29 is 19.1 Å². The van der Waals surface area contributed by atoms with Crippen molar-refractivity contribution in [3.8, 4) is 5.75 Å². The summed E-state index contributed by atoms with van der Waals surface area (Å²) in [6.45, 7) is 2.13. The lowest BCUT2D eigenvalue weighted by Gasteiger charge is -2.32. The zero-order valence-corrected chi connectivity index (χ0v) is 19.2. The van der Waals surface area contributed by atoms with Crippen molar-refractivity contribution in [3.05, 3.63) is 47.5 Å². The van der Waals surface area contributed by atoms with Gasteiger partial charge in [0.2, 0.25) is 5.91 Å². The van der Waals surface area contributed by atoms with Gasteiger partial charge in [-0.25, -0.2) is 4.98 Å². The predicted octanol–water partition coefficient (Wildman–Crippen LogP) is 3.07. The number of benzene rings is 1. The first-order valence-electron chi connectivity index (χ1n) is 12.0. The lowest BCUT2D eigenvalue weighted by Crippen LogP contribution is -2.45. The summed E-state index contributed by atoms with van der Waals surface area (Å²) in [5.41, 5.74) is 2.36. The van der Waals surface area contributed by atoms with Crippen molar-refractivity contribution in [2.75, 3.05) is 20.2 Å². The molecular formula is C25H32N4O4. The van der Waals surface area contributed by atoms with E-state index < -0.39 is 0 Å². The van der Waals surface area contributed by atoms with Crippen LogP contribution in [0.2, 0.25) is 0 Å². The minimum absolute atomic E-state index is 0.000787. The molecule has 3 heterocycles. The summed E-state index contributed by atoms with van der Waals surface area (Å²) in [7, 11) is 1.65. The first-order chi connectivity index (χ1) is 16.1. The van der Waals surface area contributed by atoms with Crippen LogP contribution < -0.4 is 10.1 Å². The number of amides is 2. The Morgan fingerprint density at radius 3 is 2.52 bits per heavy atom. The number of fused-ring (bicyclic) bond motifs is 1. The number of hydrogen-bond acceptors (Lipinski definition) is 5. The molecule has 1 aromatic carbocycles. The summed E-state index contributed by atoms with van der Waals surface area (Å²) in [6, 6.07) is 8.20. The highest BCUT2D eigenvalue weighted by molar-refractivity contribution is 5.93. The molecule has 2 aliphatic heterocycles. The number of rotatable bonds is 5. The van der Waals surface area contributed by atoms with Crippen molar-refractivity contribution in [2.45, 2.75) is 63.8 Å². The quantitative estimate of drug-likeness (QED) is 0.754. The van der Waals surface area contributed by atoms with Crippen molar-refractivity contribution in [1.29, 1.82) is 0 Å². The molecule has 0 radical (unpaired) electrons. The number of ether oxygens (including phenoxy) is 2. The van der Waals surface area contributed by atoms with E-state index in [-0.39, 0.29) is 23.8 Å². The van der Waals surface area contributed by atoms with Gasteiger partial charge in [-0.05, 0) is 43.4 Å². The second kappa shape index (κ2) is 9.55. The molecule has 1 saturated carbocycles. The second-order valence-corrected chi connectivity index (χ2v) is 9.32. The molecule has 176 valence electrons. The molecular weight excluding hydrogens is 420 g/mol. The van der Waals surface area contributed by atoms with Crippen LogP contribution in [0.25, 0.3) is 0 Å². The van der Waals surface area contributed by atoms with E-state index in [0.717, 1.165) is 29.8 Å². The van der Waals surface area contributed by atoms with Gasteiger partial charge in [0.15, 0.2) is 5.69 Å². The Kier molecular flexibility index (Phi) is 6.35. The van der Waals surface area contributed by atoms with Crippen molar-refractivity contribution in [3.63, 3.8) is 0 Å². The van der Waals surface area contributed by atoms with Gasteiger partial charge in [-0.1, -0.05) is 25.0 Å². The average molecular weight is 453 g/mol. The number of carbonyl (C=O) groups excluding carboxylic acids is 2. The molecule has 8 nitrogen and oxygen atoms in total. The third-order valence-corrected chi connectivity index (χ3v) is 7.27. The molecule has 8 heteroatoms. The van der Waals surface area contributed by atoms with E-state index in [4.69, 9.17) is 9.47 Å². The fourth-order valence-corrected chi connectivity index (χ4v) is 5.21. The van der Waals surface area contributed by atoms with Crippen LogP contribution in [0, 0.1) is 5.92 Å². The van der Waals surface area contributed by atoms with Crippen molar-refractivity contribution in [1.82, 2.24) is 19.8 Å². The number of nitrogens with one attached hydrogen (secondary N) is 1. The summed E-state index contributed by atoms with van der Waals surface area (Å²) in [5, 5.41) is 3.20. The Balaban J connectivity index is 1.18. The fourth-order valence-electron chi connectivity index (χ4n) is 5.21. The van der Waals surface area contributed by atoms with E-state index in [1.165, 1.54) is 12.8 Å². The molecule has 2 amide bonds. The van der Waals surface area contributed by atoms with Crippen LogP contribution in [0.15, 0.2) is 30.6 Å². The maximum atomic E-state index is 13.2. The number of aromatic nitrogens is 2. The summed E-state index contributed by atoms with van der Waals surface area (Å²) >= 11 is 0. The highest BCUT2D eigenvalue weighted by atomic mass is 16.5. The maximum absolute atomic E-state index is 13.2. The van der Waals surface area contributed by atoms with E-state index in [9.17, 15) is 9.59 Å². The molecule has 1 N–H and O–H groups in total. The van der Waals surface area contributed by atoms with Gasteiger partial charge in [0, 0.05) is 25.0 Å². The first-order valence-corrected chi connectivity index (χ1v) is 12.0. The normalized spacial score (nSPS) is 21.6. The van der Waals surface area contributed by atoms with Crippen LogP contribution in [0.4, 0.5) is 0 Å². The Hall–Kier alpha value is -2.87. The molecule has 0 spiro atoms. The highest BCUT2D eigenvalue weighted by Crippen LogP contribution is 2.30. The van der Waals surface area contributed by atoms with Crippen molar-refractivity contribution >= 4 is 11.8 Å². The van der Waals surface area contributed by atoms with Gasteiger partial charge in [-0.15, -0.1) is 0 Å². The smallest absolute Gasteiger partial charge is 0.274 e. The lowest BCUT2D eigenvalue weighted by molar-refractivity contribution is -0.127. The number of nitrogens with zero attached hydrogens (tertiary/aromatic N) is 3. The second-order valence-electron chi connectivity index (χ2n) is 9.32. The average Bonchev–Trinajstić information content (AvgIpc) is 3.53. The summed E-state index contributed by atoms with van der Waals surface area (Å²) < 4.78 is 13.3. The van der Waals surface area contributed by atoms with Crippen LogP contribution in [-0.4, -0.2) is 52.5 Å². The van der Waals surface area contributed by atoms with Crippen LogP contribution in [0.3, 0.4) is 0 Å². The van der Waals surface area contributed by atoms with E-state index in [1.54, 1.807) is 13.4 Å². The summed E-state index contributed by atoms with van der Waals surface area (Å²) in [5.74, 6) is 0.904. The monoisotopic (exact) mass is 452 g/mol. The minimum Gasteiger partial charge on any atom is -0.497 e. The first kappa shape index (κ1) is 21.9. The van der Waals surface area contributed by atoms with E-state index >= 15 is 0 Å². The zero-order valence-electron chi connectivity index (χ0n) is 19.2. The Morgan fingerprint density at radius 1 is 1.09 bits per heavy atom. The molecule has 2 aromatic rings. The van der Waals surface area contributed by atoms with Gasteiger partial charge in [0.25, 0.3) is 5.91 Å². The van der Waals surface area contributed by atoms with Crippen LogP contribution >= 0.6 is 0 Å². The number of hydrogen-bond donors (Lipinski definition) is 1. The molecule has 1 aliphatic carbocycles. The Morgan fingerprint density at radius 2 is 1.82 bits per heavy atom. The molecule has 0 bridgehead atoms. The maximum Gasteiger partial charge on any atom is 0.274 e. The third-order valence-electron chi connectivity index (χ3n) is 7.27. The van der Waals surface area contributed by atoms with E-state index in [2.05, 4.69) is 10.3 Å². The van der Waals surface area contributed by atoms with Gasteiger partial charge in [0.05, 0.1) is 32.3 Å². The number of piperidine rings is 1. The Bertz CT molecular complexity index is 988. The van der Waals surface area contributed by atoms with Gasteiger partial charge < -0.3 is 24.3 Å². The third kappa shape index (κ3) is 4.62. The molecule has 2 fully saturated rings. The largest absolute Gasteiger partial charge is 0.497 e. The van der Waals surface area contributed by atoms with Crippen LogP contribution in [0.1, 0.15) is 66.4 Å². The number of likely N-dealkylation sites (tertiary alicyclic amines) is 1. The van der Waals surface area contributed by atoms with E-state index in [0.29, 0.717) is 50.8 Å². The molecule has 3 aliphatic rings. The highest BCUT2D eigenvalue weighted by Gasteiger charge is 2.33. The van der Waals surface area contributed by atoms with Crippen LogP contribution in [0.5, 0.6) is 5.75 Å². The lowest BCUT2D eigenvalue weighted by atomic mass is 9.95. The standard InChI is InChI=1S/C25H32N4O4/c1-32-20-8-6-17(7-9-20)22-14-29-16-26-23(21(29)15-33-22)25(31)28-12-10-18(11-13-28)24(30)27-19-4-2-3-5-19/h6-9,16,18-19,22H,2-5,10-15H2,1H3,(H,27,30)/t22-/m0/s1. The number of imidazole rings is 1. The fraction of sp³-hybridized carbons (Fsp3) is 0.560. The van der Waals surface area contributed by atoms with E-state index in [1.807, 2.05) is 33.7 Å². The summed E-state index contributed by atoms with van der Waals surface area (Å²) in [4.78, 5) is 32.0. The number of carbonyl (C=O) groups is 2. The van der Waals surface area contributed by atoms with Crippen LogP contribution in [-0.2, 0) is 22.7 Å². The van der Waals surface area contributed by atoms with Gasteiger partial charge in [-0.3, -0.25) is 9.59 Å². The molecule has 5 rings (SSSR count). The molecule has 33 heavy (non-hydrogen) atoms. The topological polar surface area (TPSA) is 85.7 Å². The van der Waals surface area contributed by atoms with Gasteiger partial charge in [-0.2, -0.15) is 0 Å². The zero-order chi connectivity index (χ0) is 22.8. The summed E-state index contributed by atoms with van der Waals surface area (Å²) in [6.07, 6.45) is 7.66. The Labute approximate surface area is 194 Å². The SMILES string of the molecule is COc1ccc([C@@H]2Cn3cnc(C(=O)N4CCC(C(=O)NC5CCCC5)CC4)c3CO2)cc1. The molecule has 0 unspecified atom stereocenters. The molecule has 1 saturated heterocycles. The van der Waals surface area contributed by atoms with Gasteiger partial charge in [0.1, 0.15) is 11.9 Å². The van der Waals surface area contributed by atoms with Gasteiger partial charge >= 0.3 is 0 Å². The molecule has 1 atom stereocenters. The molecule has 1 aromatic heterocycles. The predicted molar refractivity (Wildman–Crippen MR) is 122 cm³/mol. The number of methoxy groups -OCH3 is 1.